The molecule has 1 aromatic carbocycles. The lowest BCUT2D eigenvalue weighted by molar-refractivity contribution is 0.102. The predicted octanol–water partition coefficient (Wildman–Crippen LogP) is 2.01. The molecule has 1 aliphatic rings. The highest BCUT2D eigenvalue weighted by atomic mass is 35.5. The maximum absolute atomic E-state index is 11.4. The van der Waals surface area contributed by atoms with Gasteiger partial charge in [0.15, 0.2) is 15.6 Å². The van der Waals surface area contributed by atoms with E-state index in [-0.39, 0.29) is 29.1 Å². The van der Waals surface area contributed by atoms with Gasteiger partial charge in [0, 0.05) is 5.56 Å². The quantitative estimate of drug-likeness (QED) is 0.625. The Kier molecular flexibility index (Phi) is 3.54. The third-order valence-corrected chi connectivity index (χ3v) is 5.07. The van der Waals surface area contributed by atoms with Crippen molar-refractivity contribution in [1.29, 1.82) is 0 Å². The van der Waals surface area contributed by atoms with Crippen LogP contribution in [-0.2, 0) is 9.84 Å². The molecule has 0 radical (unpaired) electrons. The number of Topliss-reactive ketones (excluding diaryl/α,β-unsaturated/α-hetero) is 1. The second kappa shape index (κ2) is 4.78. The van der Waals surface area contributed by atoms with Gasteiger partial charge in [0.1, 0.15) is 0 Å². The normalized spacial score (nSPS) is 22.5. The Balaban J connectivity index is 2.17. The van der Waals surface area contributed by atoms with E-state index in [1.165, 1.54) is 0 Å². The molecule has 2 rings (SSSR count). The summed E-state index contributed by atoms with van der Waals surface area (Å²) in [4.78, 5) is 11.3. The van der Waals surface area contributed by atoms with Gasteiger partial charge in [-0.2, -0.15) is 0 Å². The monoisotopic (exact) mass is 272 g/mol. The van der Waals surface area contributed by atoms with Gasteiger partial charge in [-0.3, -0.25) is 4.79 Å². The minimum Gasteiger partial charge on any atom is -0.293 e. The Morgan fingerprint density at radius 1 is 1.29 bits per heavy atom. The third-order valence-electron chi connectivity index (χ3n) is 3.06. The van der Waals surface area contributed by atoms with Gasteiger partial charge in [-0.25, -0.2) is 8.42 Å². The number of hydrogen-bond donors (Lipinski definition) is 0. The maximum Gasteiger partial charge on any atom is 0.177 e. The Bertz CT molecular complexity index is 519. The van der Waals surface area contributed by atoms with Crippen LogP contribution in [0.25, 0.3) is 0 Å². The lowest BCUT2D eigenvalue weighted by Crippen LogP contribution is -2.05. The number of carbonyl (C=O) groups excluding carboxylic acids is 1. The summed E-state index contributed by atoms with van der Waals surface area (Å²) in [5.74, 6) is 0.407. The fraction of sp³-hybridized carbons (Fsp3) is 0.417. The van der Waals surface area contributed by atoms with Crippen molar-refractivity contribution in [2.45, 2.75) is 12.3 Å². The lowest BCUT2D eigenvalue weighted by atomic mass is 9.97. The van der Waals surface area contributed by atoms with Crippen LogP contribution in [0, 0.1) is 0 Å². The molecule has 1 fully saturated rings. The summed E-state index contributed by atoms with van der Waals surface area (Å²) in [5, 5.41) is 0. The zero-order valence-electron chi connectivity index (χ0n) is 9.23. The minimum atomic E-state index is -2.86. The predicted molar refractivity (Wildman–Crippen MR) is 67.5 cm³/mol. The number of benzene rings is 1. The molecular weight excluding hydrogens is 260 g/mol. The van der Waals surface area contributed by atoms with Crippen LogP contribution < -0.4 is 0 Å². The van der Waals surface area contributed by atoms with Gasteiger partial charge >= 0.3 is 0 Å². The van der Waals surface area contributed by atoms with Crippen LogP contribution in [-0.4, -0.2) is 31.6 Å². The molecule has 0 aliphatic carbocycles. The molecule has 0 amide bonds. The first-order chi connectivity index (χ1) is 8.02. The number of hydrogen-bond acceptors (Lipinski definition) is 3. The molecule has 17 heavy (non-hydrogen) atoms. The summed E-state index contributed by atoms with van der Waals surface area (Å²) in [5.41, 5.74) is 1.56. The van der Waals surface area contributed by atoms with Gasteiger partial charge in [-0.15, -0.1) is 11.6 Å². The van der Waals surface area contributed by atoms with Gasteiger partial charge in [0.05, 0.1) is 17.4 Å². The van der Waals surface area contributed by atoms with E-state index >= 15 is 0 Å². The molecule has 0 aromatic heterocycles. The Hall–Kier alpha value is -0.870. The lowest BCUT2D eigenvalue weighted by Gasteiger charge is -2.08. The number of alkyl halides is 1. The summed E-state index contributed by atoms with van der Waals surface area (Å²) < 4.78 is 22.7. The SMILES string of the molecule is O=C(CCl)c1ccc([C@@H]2CCS(=O)(=O)C2)cc1. The largest absolute Gasteiger partial charge is 0.293 e. The van der Waals surface area contributed by atoms with E-state index in [2.05, 4.69) is 0 Å². The van der Waals surface area contributed by atoms with Gasteiger partial charge < -0.3 is 0 Å². The summed E-state index contributed by atoms with van der Waals surface area (Å²) in [6, 6.07) is 7.08. The van der Waals surface area contributed by atoms with E-state index < -0.39 is 9.84 Å². The molecule has 0 saturated carbocycles. The maximum atomic E-state index is 11.4. The van der Waals surface area contributed by atoms with Crippen molar-refractivity contribution in [2.75, 3.05) is 17.4 Å². The van der Waals surface area contributed by atoms with Crippen molar-refractivity contribution in [3.05, 3.63) is 35.4 Å². The van der Waals surface area contributed by atoms with E-state index in [9.17, 15) is 13.2 Å². The average Bonchev–Trinajstić information content (AvgIpc) is 2.69. The Labute approximate surface area is 106 Å². The second-order valence-corrected chi connectivity index (χ2v) is 6.77. The van der Waals surface area contributed by atoms with Crippen molar-refractivity contribution in [3.8, 4) is 0 Å². The molecule has 5 heteroatoms. The van der Waals surface area contributed by atoms with Crippen molar-refractivity contribution < 1.29 is 13.2 Å². The van der Waals surface area contributed by atoms with Crippen LogP contribution in [0.2, 0.25) is 0 Å². The zero-order valence-corrected chi connectivity index (χ0v) is 10.8. The van der Waals surface area contributed by atoms with E-state index in [4.69, 9.17) is 11.6 Å². The first-order valence-corrected chi connectivity index (χ1v) is 7.77. The van der Waals surface area contributed by atoms with Crippen molar-refractivity contribution in [1.82, 2.24) is 0 Å². The molecule has 92 valence electrons. The molecule has 3 nitrogen and oxygen atoms in total. The summed E-state index contributed by atoms with van der Waals surface area (Å²) in [6.07, 6.45) is 0.672. The van der Waals surface area contributed by atoms with E-state index in [1.807, 2.05) is 12.1 Å². The number of carbonyl (C=O) groups is 1. The van der Waals surface area contributed by atoms with E-state index in [1.54, 1.807) is 12.1 Å². The second-order valence-electron chi connectivity index (χ2n) is 4.28. The van der Waals surface area contributed by atoms with Crippen LogP contribution in [0.15, 0.2) is 24.3 Å². The number of halogens is 1. The van der Waals surface area contributed by atoms with Gasteiger partial charge in [0.2, 0.25) is 0 Å². The highest BCUT2D eigenvalue weighted by Crippen LogP contribution is 2.28. The highest BCUT2D eigenvalue weighted by molar-refractivity contribution is 7.91. The molecule has 0 unspecified atom stereocenters. The molecule has 0 N–H and O–H groups in total. The van der Waals surface area contributed by atoms with Gasteiger partial charge in [0.25, 0.3) is 0 Å². The third kappa shape index (κ3) is 2.87. The van der Waals surface area contributed by atoms with Crippen molar-refractivity contribution in [3.63, 3.8) is 0 Å². The first-order valence-electron chi connectivity index (χ1n) is 5.41. The zero-order chi connectivity index (χ0) is 12.5. The molecule has 1 saturated heterocycles. The molecule has 1 heterocycles. The van der Waals surface area contributed by atoms with E-state index in [0.717, 1.165) is 5.56 Å². The summed E-state index contributed by atoms with van der Waals surface area (Å²) >= 11 is 5.46. The average molecular weight is 273 g/mol. The molecule has 1 aromatic rings. The highest BCUT2D eigenvalue weighted by Gasteiger charge is 2.28. The minimum absolute atomic E-state index is 0.0306. The van der Waals surface area contributed by atoms with Crippen LogP contribution in [0.4, 0.5) is 0 Å². The fourth-order valence-electron chi connectivity index (χ4n) is 2.08. The summed E-state index contributed by atoms with van der Waals surface area (Å²) in [6.45, 7) is 0. The van der Waals surface area contributed by atoms with Crippen molar-refractivity contribution in [2.24, 2.45) is 0 Å². The summed E-state index contributed by atoms with van der Waals surface area (Å²) in [7, 11) is -2.86. The van der Waals surface area contributed by atoms with Crippen LogP contribution >= 0.6 is 11.6 Å². The smallest absolute Gasteiger partial charge is 0.177 e. The number of ketones is 1. The number of rotatable bonds is 3. The molecule has 0 spiro atoms. The fourth-order valence-corrected chi connectivity index (χ4v) is 4.01. The first kappa shape index (κ1) is 12.6. The van der Waals surface area contributed by atoms with Gasteiger partial charge in [-0.05, 0) is 17.9 Å². The molecular formula is C12H13ClO3S. The van der Waals surface area contributed by atoms with E-state index in [0.29, 0.717) is 12.0 Å². The Morgan fingerprint density at radius 2 is 1.94 bits per heavy atom. The van der Waals surface area contributed by atoms with Crippen molar-refractivity contribution >= 4 is 27.2 Å². The van der Waals surface area contributed by atoms with Crippen LogP contribution in [0.3, 0.4) is 0 Å². The molecule has 1 aliphatic heterocycles. The standard InChI is InChI=1S/C12H13ClO3S/c13-7-12(14)10-3-1-9(2-4-10)11-5-6-17(15,16)8-11/h1-4,11H,5-8H2/t11-/m1/s1. The molecule has 1 atom stereocenters. The topological polar surface area (TPSA) is 51.2 Å². The Morgan fingerprint density at radius 3 is 2.41 bits per heavy atom. The molecule has 0 bridgehead atoms. The van der Waals surface area contributed by atoms with Gasteiger partial charge in [-0.1, -0.05) is 24.3 Å². The number of sulfone groups is 1. The van der Waals surface area contributed by atoms with Crippen LogP contribution in [0.5, 0.6) is 0 Å². The van der Waals surface area contributed by atoms with Crippen LogP contribution in [0.1, 0.15) is 28.3 Å².